The summed E-state index contributed by atoms with van der Waals surface area (Å²) in [5, 5.41) is 22.1. The lowest BCUT2D eigenvalue weighted by Gasteiger charge is -2.30. The van der Waals surface area contributed by atoms with Crippen molar-refractivity contribution in [1.82, 2.24) is 0 Å². The fraction of sp³-hybridized carbons (Fsp3) is 0.136. The molecule has 0 aliphatic heterocycles. The van der Waals surface area contributed by atoms with E-state index in [0.717, 1.165) is 59.9 Å². The van der Waals surface area contributed by atoms with Crippen LogP contribution in [0.4, 0.5) is 0 Å². The van der Waals surface area contributed by atoms with Crippen LogP contribution in [0, 0.1) is 0 Å². The fourth-order valence-electron chi connectivity index (χ4n) is 7.90. The largest absolute Gasteiger partial charge is 0.505 e. The van der Waals surface area contributed by atoms with E-state index in [4.69, 9.17) is 23.5 Å². The molecule has 1 atom stereocenters. The van der Waals surface area contributed by atoms with Gasteiger partial charge in [-0.15, -0.1) is 5.46 Å². The van der Waals surface area contributed by atoms with Crippen LogP contribution in [0.15, 0.2) is 109 Å². The summed E-state index contributed by atoms with van der Waals surface area (Å²) < 4.78 is 0. The van der Waals surface area contributed by atoms with Crippen LogP contribution in [0.5, 0.6) is 11.5 Å². The molecule has 1 unspecified atom stereocenters. The van der Waals surface area contributed by atoms with Crippen LogP contribution in [-0.2, 0) is 12.8 Å². The van der Waals surface area contributed by atoms with Gasteiger partial charge in [0, 0.05) is 11.5 Å². The highest BCUT2D eigenvalue weighted by atomic mass is 16.3. The first-order valence-corrected chi connectivity index (χ1v) is 17.0. The maximum absolute atomic E-state index is 11.3. The van der Waals surface area contributed by atoms with Crippen molar-refractivity contribution in [2.75, 3.05) is 0 Å². The Bertz CT molecular complexity index is 2220. The molecule has 0 bridgehead atoms. The summed E-state index contributed by atoms with van der Waals surface area (Å²) in [5.41, 5.74) is 14.3. The van der Waals surface area contributed by atoms with Gasteiger partial charge in [-0.1, -0.05) is 126 Å². The van der Waals surface area contributed by atoms with Crippen molar-refractivity contribution in [1.29, 1.82) is 0 Å². The Balaban J connectivity index is 1.32. The van der Waals surface area contributed by atoms with Crippen LogP contribution in [0.3, 0.4) is 0 Å². The predicted molar refractivity (Wildman–Crippen MR) is 208 cm³/mol. The minimum absolute atomic E-state index is 0.0780. The van der Waals surface area contributed by atoms with Crippen molar-refractivity contribution in [3.05, 3.63) is 148 Å². The molecular weight excluding hydrogens is 593 g/mol. The zero-order valence-electron chi connectivity index (χ0n) is 27.3. The van der Waals surface area contributed by atoms with Gasteiger partial charge < -0.3 is 10.2 Å². The Kier molecular flexibility index (Phi) is 8.08. The molecule has 230 valence electrons. The molecule has 5 heteroatoms. The zero-order valence-corrected chi connectivity index (χ0v) is 27.3. The molecule has 2 nitrogen and oxygen atoms in total. The molecule has 5 aromatic carbocycles. The van der Waals surface area contributed by atoms with Crippen molar-refractivity contribution < 1.29 is 10.2 Å². The van der Waals surface area contributed by atoms with Gasteiger partial charge in [0.05, 0.1) is 0 Å². The SMILES string of the molecule is [B]c1c([B])c(O)c(O)c(-c2c3c(c(-c4cccc(C5=CC(c6ccccc6)=CC(c6ccccc6)C5)c4)c4c2CCC=C4)CCC=C3)c1[B]. The molecule has 0 spiro atoms. The van der Waals surface area contributed by atoms with Crippen molar-refractivity contribution in [2.45, 2.75) is 38.0 Å². The summed E-state index contributed by atoms with van der Waals surface area (Å²) in [5.74, 6) is -0.517. The van der Waals surface area contributed by atoms with E-state index in [9.17, 15) is 10.2 Å². The maximum atomic E-state index is 11.3. The predicted octanol–water partition coefficient (Wildman–Crippen LogP) is 7.39. The molecule has 3 aliphatic rings. The van der Waals surface area contributed by atoms with Gasteiger partial charge in [-0.2, -0.15) is 0 Å². The summed E-state index contributed by atoms with van der Waals surface area (Å²) in [6.45, 7) is 0. The topological polar surface area (TPSA) is 40.5 Å². The highest BCUT2D eigenvalue weighted by molar-refractivity contribution is 6.59. The second kappa shape index (κ2) is 12.7. The average molecular weight is 626 g/mol. The molecule has 0 saturated heterocycles. The van der Waals surface area contributed by atoms with Gasteiger partial charge in [-0.3, -0.25) is 0 Å². The lowest BCUT2D eigenvalue weighted by Crippen LogP contribution is -2.40. The molecule has 5 aromatic rings. The van der Waals surface area contributed by atoms with Gasteiger partial charge in [-0.05, 0) is 105 Å². The molecule has 0 saturated carbocycles. The molecular formula is C44H33B3O2. The van der Waals surface area contributed by atoms with Crippen LogP contribution in [-0.4, -0.2) is 33.8 Å². The molecule has 2 N–H and O–H groups in total. The van der Waals surface area contributed by atoms with E-state index in [1.165, 1.54) is 39.0 Å². The molecule has 3 aliphatic carbocycles. The van der Waals surface area contributed by atoms with Crippen molar-refractivity contribution in [3.63, 3.8) is 0 Å². The first kappa shape index (κ1) is 31.1. The van der Waals surface area contributed by atoms with Gasteiger partial charge in [0.1, 0.15) is 29.3 Å². The van der Waals surface area contributed by atoms with E-state index in [-0.39, 0.29) is 28.1 Å². The minimum atomic E-state index is -0.439. The van der Waals surface area contributed by atoms with Gasteiger partial charge in [0.25, 0.3) is 0 Å². The number of aromatic hydroxyl groups is 2. The zero-order chi connectivity index (χ0) is 33.6. The monoisotopic (exact) mass is 626 g/mol. The summed E-state index contributed by atoms with van der Waals surface area (Å²) in [6, 6.07) is 30.3. The molecule has 0 amide bonds. The smallest absolute Gasteiger partial charge is 0.164 e. The standard InChI is InChI=1S/C44H33B3O2/c45-40-39(43(48)44(49)42(47)41(40)46)38-35-20-9-7-18-33(35)37(34-19-8-10-21-36(34)38)29-17-11-16-28(22-29)32-24-30(26-12-3-1-4-13-26)23-31(25-32)27-14-5-2-6-15-27/h1-7,10-18,21-24,31,48-49H,8-9,19-20,25H2. The first-order valence-electron chi connectivity index (χ1n) is 17.0. The number of phenols is 2. The Morgan fingerprint density at radius 2 is 1.18 bits per heavy atom. The van der Waals surface area contributed by atoms with Gasteiger partial charge in [0.2, 0.25) is 0 Å². The summed E-state index contributed by atoms with van der Waals surface area (Å²) in [6.07, 6.45) is 17.7. The highest BCUT2D eigenvalue weighted by Gasteiger charge is 2.29. The second-order valence-electron chi connectivity index (χ2n) is 13.2. The van der Waals surface area contributed by atoms with E-state index in [1.807, 2.05) is 0 Å². The fourth-order valence-corrected chi connectivity index (χ4v) is 7.90. The first-order chi connectivity index (χ1) is 23.9. The third kappa shape index (κ3) is 5.42. The van der Waals surface area contributed by atoms with E-state index in [0.29, 0.717) is 5.56 Å². The maximum Gasteiger partial charge on any atom is 0.164 e. The molecule has 0 heterocycles. The minimum Gasteiger partial charge on any atom is -0.505 e. The van der Waals surface area contributed by atoms with Gasteiger partial charge in [0.15, 0.2) is 5.75 Å². The third-order valence-electron chi connectivity index (χ3n) is 10.3. The number of hydrogen-bond donors (Lipinski definition) is 2. The van der Waals surface area contributed by atoms with Crippen LogP contribution < -0.4 is 16.4 Å². The van der Waals surface area contributed by atoms with Gasteiger partial charge in [-0.25, -0.2) is 0 Å². The van der Waals surface area contributed by atoms with E-state index >= 15 is 0 Å². The van der Waals surface area contributed by atoms with Crippen LogP contribution in [0.25, 0.3) is 45.6 Å². The van der Waals surface area contributed by atoms with Crippen LogP contribution in [0.1, 0.15) is 64.1 Å². The van der Waals surface area contributed by atoms with Crippen molar-refractivity contribution >= 4 is 63.2 Å². The summed E-state index contributed by atoms with van der Waals surface area (Å²) in [4.78, 5) is 0. The number of allylic oxidation sites excluding steroid dienone is 6. The van der Waals surface area contributed by atoms with E-state index in [1.54, 1.807) is 0 Å². The summed E-state index contributed by atoms with van der Waals surface area (Å²) >= 11 is 0. The Hall–Kier alpha value is -5.15. The van der Waals surface area contributed by atoms with Crippen molar-refractivity contribution in [2.24, 2.45) is 0 Å². The number of hydrogen-bond acceptors (Lipinski definition) is 2. The normalized spacial score (nSPS) is 16.4. The van der Waals surface area contributed by atoms with Crippen LogP contribution in [0.2, 0.25) is 0 Å². The quantitative estimate of drug-likeness (QED) is 0.158. The second-order valence-corrected chi connectivity index (χ2v) is 13.2. The van der Waals surface area contributed by atoms with Crippen molar-refractivity contribution in [3.8, 4) is 33.8 Å². The number of rotatable bonds is 5. The van der Waals surface area contributed by atoms with E-state index in [2.05, 4.69) is 121 Å². The van der Waals surface area contributed by atoms with Gasteiger partial charge >= 0.3 is 0 Å². The Labute approximate surface area is 292 Å². The molecule has 6 radical (unpaired) electrons. The number of benzene rings is 5. The molecule has 49 heavy (non-hydrogen) atoms. The van der Waals surface area contributed by atoms with E-state index < -0.39 is 5.75 Å². The Morgan fingerprint density at radius 1 is 0.571 bits per heavy atom. The molecule has 0 fully saturated rings. The summed E-state index contributed by atoms with van der Waals surface area (Å²) in [7, 11) is 18.9. The van der Waals surface area contributed by atoms with Crippen LogP contribution >= 0.6 is 0 Å². The molecule has 8 rings (SSSR count). The Morgan fingerprint density at radius 3 is 1.90 bits per heavy atom. The highest BCUT2D eigenvalue weighted by Crippen LogP contribution is 2.48. The molecule has 0 aromatic heterocycles. The third-order valence-corrected chi connectivity index (χ3v) is 10.3. The lowest BCUT2D eigenvalue weighted by atomic mass is 9.66. The average Bonchev–Trinajstić information content (AvgIpc) is 3.16. The number of phenolic OH excluding ortho intramolecular Hbond substituents is 2. The lowest BCUT2D eigenvalue weighted by molar-refractivity contribution is 0.409. The number of fused-ring (bicyclic) bond motifs is 2.